The zero-order valence-electron chi connectivity index (χ0n) is 8.47. The first-order valence-electron chi connectivity index (χ1n) is 4.75. The highest BCUT2D eigenvalue weighted by atomic mass is 16.5. The Hall–Kier alpha value is -1.46. The van der Waals surface area contributed by atoms with E-state index in [-0.39, 0.29) is 0 Å². The van der Waals surface area contributed by atoms with Gasteiger partial charge in [-0.1, -0.05) is 0 Å². The minimum atomic E-state index is -0.434. The molecule has 5 nitrogen and oxygen atoms in total. The maximum absolute atomic E-state index is 9.44. The molecule has 0 amide bonds. The molecule has 0 aliphatic carbocycles. The van der Waals surface area contributed by atoms with Crippen molar-refractivity contribution >= 4 is 5.57 Å². The third-order valence-corrected chi connectivity index (χ3v) is 2.24. The van der Waals surface area contributed by atoms with Gasteiger partial charge in [-0.25, -0.2) is 9.97 Å². The number of nitrogens with zero attached hydrogens (tertiary/aromatic N) is 2. The largest absolute Gasteiger partial charge is 0.467 e. The lowest BCUT2D eigenvalue weighted by Gasteiger charge is -2.18. The van der Waals surface area contributed by atoms with Crippen molar-refractivity contribution in [1.82, 2.24) is 15.3 Å². The third kappa shape index (κ3) is 2.31. The smallest absolute Gasteiger partial charge is 0.316 e. The Labute approximate surface area is 87.8 Å². The average Bonchev–Trinajstić information content (AvgIpc) is 2.29. The summed E-state index contributed by atoms with van der Waals surface area (Å²) in [6, 6.07) is 0.351. The van der Waals surface area contributed by atoms with Crippen molar-refractivity contribution in [3.05, 3.63) is 24.0 Å². The van der Waals surface area contributed by atoms with Gasteiger partial charge in [-0.15, -0.1) is 0 Å². The molecule has 0 radical (unpaired) electrons. The number of methoxy groups -OCH3 is 1. The molecule has 0 aromatic carbocycles. The van der Waals surface area contributed by atoms with Crippen molar-refractivity contribution in [3.8, 4) is 6.01 Å². The quantitative estimate of drug-likeness (QED) is 0.705. The Balaban J connectivity index is 2.21. The van der Waals surface area contributed by atoms with Crippen LogP contribution in [-0.2, 0) is 0 Å². The molecule has 80 valence electrons. The molecule has 0 spiro atoms. The van der Waals surface area contributed by atoms with Gasteiger partial charge in [0.2, 0.25) is 0 Å². The summed E-state index contributed by atoms with van der Waals surface area (Å²) in [5.74, 6) is 0. The molecular formula is C10H13N3O2. The predicted molar refractivity (Wildman–Crippen MR) is 55.4 cm³/mol. The van der Waals surface area contributed by atoms with E-state index in [2.05, 4.69) is 15.3 Å². The molecule has 0 fully saturated rings. The minimum absolute atomic E-state index is 0.351. The van der Waals surface area contributed by atoms with E-state index in [0.717, 1.165) is 17.7 Å². The fourth-order valence-electron chi connectivity index (χ4n) is 1.49. The number of ether oxygens (including phenoxy) is 1. The molecule has 15 heavy (non-hydrogen) atoms. The molecule has 1 unspecified atom stereocenters. The molecule has 2 rings (SSSR count). The highest BCUT2D eigenvalue weighted by Crippen LogP contribution is 2.16. The van der Waals surface area contributed by atoms with Crippen LogP contribution in [0.15, 0.2) is 18.5 Å². The second-order valence-electron chi connectivity index (χ2n) is 3.35. The zero-order valence-corrected chi connectivity index (χ0v) is 8.47. The monoisotopic (exact) mass is 207 g/mol. The molecule has 0 bridgehead atoms. The lowest BCUT2D eigenvalue weighted by Crippen LogP contribution is -2.31. The summed E-state index contributed by atoms with van der Waals surface area (Å²) < 4.78 is 4.87. The zero-order chi connectivity index (χ0) is 10.7. The molecule has 1 aromatic rings. The molecule has 0 saturated heterocycles. The molecule has 0 saturated carbocycles. The summed E-state index contributed by atoms with van der Waals surface area (Å²) in [7, 11) is 1.53. The number of nitrogens with one attached hydrogen (secondary N) is 1. The van der Waals surface area contributed by atoms with Gasteiger partial charge in [0, 0.05) is 31.0 Å². The lowest BCUT2D eigenvalue weighted by molar-refractivity contribution is 0.217. The highest BCUT2D eigenvalue weighted by Gasteiger charge is 2.12. The summed E-state index contributed by atoms with van der Waals surface area (Å²) in [6.45, 7) is 1.33. The van der Waals surface area contributed by atoms with Gasteiger partial charge in [-0.05, 0) is 11.6 Å². The highest BCUT2D eigenvalue weighted by molar-refractivity contribution is 5.67. The maximum Gasteiger partial charge on any atom is 0.316 e. The van der Waals surface area contributed by atoms with E-state index in [4.69, 9.17) is 4.74 Å². The van der Waals surface area contributed by atoms with Crippen LogP contribution in [-0.4, -0.2) is 41.4 Å². The first-order chi connectivity index (χ1) is 7.29. The van der Waals surface area contributed by atoms with E-state index in [9.17, 15) is 5.11 Å². The van der Waals surface area contributed by atoms with Crippen molar-refractivity contribution in [2.45, 2.75) is 6.10 Å². The summed E-state index contributed by atoms with van der Waals surface area (Å²) in [6.07, 6.45) is 4.77. The number of hydrogen-bond donors (Lipinski definition) is 2. The van der Waals surface area contributed by atoms with E-state index >= 15 is 0 Å². The molecule has 1 atom stereocenters. The second-order valence-corrected chi connectivity index (χ2v) is 3.35. The van der Waals surface area contributed by atoms with E-state index in [1.165, 1.54) is 7.11 Å². The normalized spacial score (nSPS) is 20.9. The summed E-state index contributed by atoms with van der Waals surface area (Å²) in [4.78, 5) is 8.03. The standard InChI is InChI=1S/C10H13N3O2/c1-15-10-12-4-8(5-13-10)7-2-9(14)6-11-3-7/h2,4-5,9,11,14H,3,6H2,1H3. The van der Waals surface area contributed by atoms with Crippen molar-refractivity contribution in [3.63, 3.8) is 0 Å². The van der Waals surface area contributed by atoms with Crippen molar-refractivity contribution in [1.29, 1.82) is 0 Å². The molecule has 1 aliphatic rings. The van der Waals surface area contributed by atoms with Gasteiger partial charge >= 0.3 is 6.01 Å². The van der Waals surface area contributed by atoms with Crippen molar-refractivity contribution < 1.29 is 9.84 Å². The molecule has 2 heterocycles. The molecular weight excluding hydrogens is 194 g/mol. The van der Waals surface area contributed by atoms with Crippen LogP contribution in [0.25, 0.3) is 5.57 Å². The van der Waals surface area contributed by atoms with Gasteiger partial charge in [0.05, 0.1) is 13.2 Å². The molecule has 5 heteroatoms. The fourth-order valence-corrected chi connectivity index (χ4v) is 1.49. The average molecular weight is 207 g/mol. The first-order valence-corrected chi connectivity index (χ1v) is 4.75. The van der Waals surface area contributed by atoms with Crippen LogP contribution >= 0.6 is 0 Å². The second kappa shape index (κ2) is 4.37. The minimum Gasteiger partial charge on any atom is -0.467 e. The summed E-state index contributed by atoms with van der Waals surface area (Å²) in [5, 5.41) is 12.5. The predicted octanol–water partition coefficient (Wildman–Crippen LogP) is -0.167. The van der Waals surface area contributed by atoms with Gasteiger partial charge in [0.15, 0.2) is 0 Å². The van der Waals surface area contributed by atoms with Crippen LogP contribution in [0, 0.1) is 0 Å². The Kier molecular flexibility index (Phi) is 2.94. The van der Waals surface area contributed by atoms with Gasteiger partial charge in [-0.3, -0.25) is 0 Å². The summed E-state index contributed by atoms with van der Waals surface area (Å²) in [5.41, 5.74) is 1.92. The number of aliphatic hydroxyl groups is 1. The molecule has 1 aliphatic heterocycles. The Bertz CT molecular complexity index is 361. The first kappa shape index (κ1) is 10.1. The molecule has 1 aromatic heterocycles. The van der Waals surface area contributed by atoms with Crippen molar-refractivity contribution in [2.24, 2.45) is 0 Å². The topological polar surface area (TPSA) is 67.3 Å². The Morgan fingerprint density at radius 3 is 2.80 bits per heavy atom. The fraction of sp³-hybridized carbons (Fsp3) is 0.400. The maximum atomic E-state index is 9.44. The van der Waals surface area contributed by atoms with Crippen LogP contribution in [0.1, 0.15) is 5.56 Å². The number of aliphatic hydroxyl groups excluding tert-OH is 1. The number of rotatable bonds is 2. The lowest BCUT2D eigenvalue weighted by atomic mass is 10.0. The summed E-state index contributed by atoms with van der Waals surface area (Å²) >= 11 is 0. The number of β-amino-alcohol motifs (C(OH)–C–C–N with tert-alkyl or cyclic N) is 1. The van der Waals surface area contributed by atoms with Gasteiger partial charge < -0.3 is 15.2 Å². The van der Waals surface area contributed by atoms with Crippen LogP contribution in [0.2, 0.25) is 0 Å². The van der Waals surface area contributed by atoms with Crippen LogP contribution in [0.3, 0.4) is 0 Å². The number of hydrogen-bond acceptors (Lipinski definition) is 5. The third-order valence-electron chi connectivity index (χ3n) is 2.24. The van der Waals surface area contributed by atoms with E-state index in [1.54, 1.807) is 12.4 Å². The number of aromatic nitrogens is 2. The molecule has 2 N–H and O–H groups in total. The van der Waals surface area contributed by atoms with E-state index in [1.807, 2.05) is 6.08 Å². The Morgan fingerprint density at radius 1 is 1.47 bits per heavy atom. The van der Waals surface area contributed by atoms with Gasteiger partial charge in [-0.2, -0.15) is 0 Å². The van der Waals surface area contributed by atoms with Crippen LogP contribution < -0.4 is 10.1 Å². The SMILES string of the molecule is COc1ncc(C2=CC(O)CNC2)cn1. The van der Waals surface area contributed by atoms with E-state index in [0.29, 0.717) is 12.6 Å². The van der Waals surface area contributed by atoms with Crippen LogP contribution in [0.5, 0.6) is 6.01 Å². The van der Waals surface area contributed by atoms with Crippen LogP contribution in [0.4, 0.5) is 0 Å². The van der Waals surface area contributed by atoms with Gasteiger partial charge in [0.25, 0.3) is 0 Å². The Morgan fingerprint density at radius 2 is 2.20 bits per heavy atom. The van der Waals surface area contributed by atoms with Crippen molar-refractivity contribution in [2.75, 3.05) is 20.2 Å². The van der Waals surface area contributed by atoms with E-state index < -0.39 is 6.10 Å². The van der Waals surface area contributed by atoms with Gasteiger partial charge in [0.1, 0.15) is 0 Å².